The summed E-state index contributed by atoms with van der Waals surface area (Å²) in [5, 5.41) is 10.4. The van der Waals surface area contributed by atoms with Gasteiger partial charge in [-0.25, -0.2) is 4.98 Å². The summed E-state index contributed by atoms with van der Waals surface area (Å²) in [5.74, 6) is 0.689. The second kappa shape index (κ2) is 9.27. The number of nitrogens with two attached hydrogens (primary N) is 1. The number of carbonyl (C=O) groups is 1. The van der Waals surface area contributed by atoms with E-state index >= 15 is 0 Å². The lowest BCUT2D eigenvalue weighted by Gasteiger charge is -2.09. The molecule has 0 bridgehead atoms. The van der Waals surface area contributed by atoms with E-state index in [0.29, 0.717) is 33.6 Å². The number of hydrogen-bond donors (Lipinski definition) is 3. The Labute approximate surface area is 186 Å². The molecule has 3 rings (SSSR count). The molecule has 1 amide bonds. The fourth-order valence-electron chi connectivity index (χ4n) is 2.67. The van der Waals surface area contributed by atoms with E-state index in [9.17, 15) is 4.79 Å². The third-order valence-corrected chi connectivity index (χ3v) is 5.05. The number of carbonyl (C=O) groups excluding carboxylic acids is 1. The zero-order valence-corrected chi connectivity index (χ0v) is 18.7. The highest BCUT2D eigenvalue weighted by Crippen LogP contribution is 2.38. The number of rotatable bonds is 6. The number of amides is 1. The second-order valence-corrected chi connectivity index (χ2v) is 7.92. The molecular weight excluding hydrogens is 505 g/mol. The van der Waals surface area contributed by atoms with Crippen molar-refractivity contribution in [3.05, 3.63) is 65.3 Å². The normalized spacial score (nSPS) is 13.4. The smallest absolute Gasteiger partial charge is 0.227 e. The Balaban J connectivity index is 2.18. The minimum Gasteiger partial charge on any atom is -0.434 e. The van der Waals surface area contributed by atoms with Crippen molar-refractivity contribution < 1.29 is 9.21 Å². The van der Waals surface area contributed by atoms with Gasteiger partial charge in [0, 0.05) is 24.3 Å². The molecule has 0 saturated heterocycles. The Morgan fingerprint density at radius 1 is 1.34 bits per heavy atom. The molecule has 2 aromatic heterocycles. The molecule has 0 saturated carbocycles. The van der Waals surface area contributed by atoms with E-state index < -0.39 is 0 Å². The van der Waals surface area contributed by atoms with Crippen LogP contribution in [0.5, 0.6) is 0 Å². The van der Waals surface area contributed by atoms with E-state index in [1.54, 1.807) is 18.3 Å². The predicted molar refractivity (Wildman–Crippen MR) is 122 cm³/mol. The summed E-state index contributed by atoms with van der Waals surface area (Å²) in [6, 6.07) is 9.18. The Morgan fingerprint density at radius 3 is 2.72 bits per heavy atom. The Bertz CT molecular complexity index is 1070. The third kappa shape index (κ3) is 4.88. The highest BCUT2D eigenvalue weighted by Gasteiger charge is 2.23. The van der Waals surface area contributed by atoms with Gasteiger partial charge in [-0.05, 0) is 36.9 Å². The fourth-order valence-corrected chi connectivity index (χ4v) is 3.70. The molecule has 7 nitrogen and oxygen atoms in total. The van der Waals surface area contributed by atoms with E-state index in [4.69, 9.17) is 26.7 Å². The second-order valence-electron chi connectivity index (χ2n) is 6.17. The van der Waals surface area contributed by atoms with Gasteiger partial charge in [0.1, 0.15) is 15.4 Å². The molecule has 0 fully saturated rings. The first-order valence-electron chi connectivity index (χ1n) is 8.68. The number of alkyl halides is 1. The number of aromatic amines is 1. The van der Waals surface area contributed by atoms with Crippen LogP contribution in [0.3, 0.4) is 0 Å². The van der Waals surface area contributed by atoms with E-state index in [2.05, 4.69) is 38.1 Å². The third-order valence-electron chi connectivity index (χ3n) is 4.05. The molecule has 0 radical (unpaired) electrons. The summed E-state index contributed by atoms with van der Waals surface area (Å²) in [5.41, 5.74) is 9.06. The van der Waals surface area contributed by atoms with Gasteiger partial charge in [0.2, 0.25) is 11.8 Å². The van der Waals surface area contributed by atoms with Gasteiger partial charge in [-0.2, -0.15) is 5.10 Å². The maximum Gasteiger partial charge on any atom is 0.227 e. The average Bonchev–Trinajstić information content (AvgIpc) is 3.35. The van der Waals surface area contributed by atoms with Crippen LogP contribution in [0.2, 0.25) is 5.02 Å². The van der Waals surface area contributed by atoms with Crippen molar-refractivity contribution in [3.63, 3.8) is 0 Å². The molecule has 0 aliphatic rings. The average molecular weight is 524 g/mol. The van der Waals surface area contributed by atoms with Gasteiger partial charge in [0.15, 0.2) is 5.76 Å². The van der Waals surface area contributed by atoms with Crippen molar-refractivity contribution >= 4 is 45.7 Å². The van der Waals surface area contributed by atoms with Gasteiger partial charge in [-0.15, -0.1) is 0 Å². The van der Waals surface area contributed by atoms with Gasteiger partial charge >= 0.3 is 0 Å². The van der Waals surface area contributed by atoms with Gasteiger partial charge in [-0.3, -0.25) is 9.89 Å². The van der Waals surface area contributed by atoms with E-state index in [0.717, 1.165) is 11.1 Å². The molecule has 9 heteroatoms. The molecule has 1 unspecified atom stereocenters. The zero-order valence-electron chi connectivity index (χ0n) is 15.7. The standard InChI is InChI=1S/C20H19ClIN5O2/c1-11(10-23)14(9-17(22)25-12(2)28)20-26-18(13-5-3-4-6-15(13)21)19(29-20)16-7-8-24-27-16/h3-10,17H,23H2,1-2H3,(H,24,27)(H,25,28)/b11-10-,14-9+. The van der Waals surface area contributed by atoms with Crippen LogP contribution in [-0.2, 0) is 4.79 Å². The van der Waals surface area contributed by atoms with E-state index in [1.165, 1.54) is 13.1 Å². The summed E-state index contributed by atoms with van der Waals surface area (Å²) < 4.78 is 5.85. The Hall–Kier alpha value is -2.59. The molecule has 2 heterocycles. The van der Waals surface area contributed by atoms with Gasteiger partial charge in [-0.1, -0.05) is 52.4 Å². The molecule has 29 heavy (non-hydrogen) atoms. The topological polar surface area (TPSA) is 110 Å². The summed E-state index contributed by atoms with van der Waals surface area (Å²) in [6.07, 6.45) is 5.00. The van der Waals surface area contributed by atoms with Crippen molar-refractivity contribution in [2.45, 2.75) is 17.9 Å². The van der Waals surface area contributed by atoms with Crippen molar-refractivity contribution in [1.82, 2.24) is 20.5 Å². The molecule has 3 aromatic rings. The lowest BCUT2D eigenvalue weighted by molar-refractivity contribution is -0.118. The zero-order chi connectivity index (χ0) is 21.0. The lowest BCUT2D eigenvalue weighted by atomic mass is 10.1. The van der Waals surface area contributed by atoms with Crippen LogP contribution < -0.4 is 11.1 Å². The summed E-state index contributed by atoms with van der Waals surface area (Å²) in [6.45, 7) is 3.30. The molecule has 150 valence electrons. The number of hydrogen-bond acceptors (Lipinski definition) is 5. The largest absolute Gasteiger partial charge is 0.434 e. The summed E-state index contributed by atoms with van der Waals surface area (Å²) in [7, 11) is 0. The predicted octanol–water partition coefficient (Wildman–Crippen LogP) is 4.53. The highest BCUT2D eigenvalue weighted by atomic mass is 127. The number of nitrogens with zero attached hydrogens (tertiary/aromatic N) is 2. The first kappa shape index (κ1) is 21.1. The molecule has 1 atom stereocenters. The SMILES string of the molecule is CC(=O)NC(I)/C=C(\C(C)=C/N)c1nc(-c2ccccc2Cl)c(-c2cc[nH]n2)o1. The monoisotopic (exact) mass is 523 g/mol. The molecular formula is C20H19ClIN5O2. The van der Waals surface area contributed by atoms with Crippen molar-refractivity contribution in [1.29, 1.82) is 0 Å². The van der Waals surface area contributed by atoms with Crippen molar-refractivity contribution in [3.8, 4) is 22.7 Å². The summed E-state index contributed by atoms with van der Waals surface area (Å²) >= 11 is 8.51. The number of oxazole rings is 1. The molecule has 1 aromatic carbocycles. The minimum absolute atomic E-state index is 0.143. The Morgan fingerprint density at radius 2 is 2.10 bits per heavy atom. The number of aromatic nitrogens is 3. The molecule has 4 N–H and O–H groups in total. The number of benzene rings is 1. The van der Waals surface area contributed by atoms with Gasteiger partial charge < -0.3 is 15.5 Å². The van der Waals surface area contributed by atoms with Crippen LogP contribution in [-0.4, -0.2) is 25.1 Å². The fraction of sp³-hybridized carbons (Fsp3) is 0.150. The van der Waals surface area contributed by atoms with Crippen molar-refractivity contribution in [2.75, 3.05) is 0 Å². The van der Waals surface area contributed by atoms with Crippen LogP contribution in [0.4, 0.5) is 0 Å². The van der Waals surface area contributed by atoms with Crippen LogP contribution >= 0.6 is 34.2 Å². The van der Waals surface area contributed by atoms with Crippen LogP contribution in [0.25, 0.3) is 28.3 Å². The highest BCUT2D eigenvalue weighted by molar-refractivity contribution is 14.1. The van der Waals surface area contributed by atoms with Crippen molar-refractivity contribution in [2.24, 2.45) is 5.73 Å². The van der Waals surface area contributed by atoms with Crippen LogP contribution in [0, 0.1) is 0 Å². The quantitative estimate of drug-likeness (QED) is 0.190. The maximum atomic E-state index is 11.4. The minimum atomic E-state index is -0.278. The number of nitrogens with one attached hydrogen (secondary N) is 2. The lowest BCUT2D eigenvalue weighted by Crippen LogP contribution is -2.26. The van der Waals surface area contributed by atoms with E-state index in [1.807, 2.05) is 31.2 Å². The Kier molecular flexibility index (Phi) is 6.75. The van der Waals surface area contributed by atoms with Gasteiger partial charge in [0.25, 0.3) is 0 Å². The van der Waals surface area contributed by atoms with Crippen LogP contribution in [0.1, 0.15) is 19.7 Å². The molecule has 0 aliphatic heterocycles. The first-order valence-corrected chi connectivity index (χ1v) is 10.3. The number of halogens is 2. The first-order chi connectivity index (χ1) is 13.9. The molecule has 0 aliphatic carbocycles. The van der Waals surface area contributed by atoms with Crippen LogP contribution in [0.15, 0.2) is 58.8 Å². The summed E-state index contributed by atoms with van der Waals surface area (Å²) in [4.78, 5) is 16.1. The van der Waals surface area contributed by atoms with E-state index in [-0.39, 0.29) is 9.96 Å². The maximum absolute atomic E-state index is 11.4. The molecule has 0 spiro atoms. The van der Waals surface area contributed by atoms with Gasteiger partial charge in [0.05, 0.1) is 5.02 Å². The number of allylic oxidation sites excluding steroid dienone is 2. The number of H-pyrrole nitrogens is 1.